The third kappa shape index (κ3) is 4.98. The van der Waals surface area contributed by atoms with Crippen LogP contribution in [-0.4, -0.2) is 64.4 Å². The van der Waals surface area contributed by atoms with Crippen molar-refractivity contribution in [2.24, 2.45) is 0 Å². The van der Waals surface area contributed by atoms with Crippen molar-refractivity contribution in [1.29, 1.82) is 0 Å². The molecule has 0 aromatic carbocycles. The molecular formula is C12H22N4NaO8P. The fourth-order valence-electron chi connectivity index (χ4n) is 2.32. The number of imidazole rings is 1. The van der Waals surface area contributed by atoms with Gasteiger partial charge in [0.2, 0.25) is 0 Å². The van der Waals surface area contributed by atoms with Gasteiger partial charge >= 0.3 is 37.4 Å². The molecule has 1 aliphatic heterocycles. The molecule has 0 radical (unpaired) electrons. The van der Waals surface area contributed by atoms with Gasteiger partial charge in [-0.1, -0.05) is 14.9 Å². The number of nitrogens with one attached hydrogen (secondary N) is 1. The molecule has 4 atom stereocenters. The van der Waals surface area contributed by atoms with Crippen LogP contribution in [0, 0.1) is 0 Å². The van der Waals surface area contributed by atoms with Crippen molar-refractivity contribution < 1.29 is 64.8 Å². The number of H-pyrrole nitrogens is 1. The summed E-state index contributed by atoms with van der Waals surface area (Å²) >= 11 is 0. The summed E-state index contributed by atoms with van der Waals surface area (Å²) in [6, 6.07) is 0. The molecule has 1 unspecified atom stereocenters. The van der Waals surface area contributed by atoms with Crippen molar-refractivity contribution in [2.75, 3.05) is 6.61 Å². The van der Waals surface area contributed by atoms with Crippen LogP contribution in [0.3, 0.4) is 0 Å². The summed E-state index contributed by atoms with van der Waals surface area (Å²) in [5, 5.41) is 20.0. The Hall–Kier alpha value is -0.660. The number of ether oxygens (including phenoxy) is 1. The molecule has 144 valence electrons. The maximum atomic E-state index is 11.6. The van der Waals surface area contributed by atoms with Gasteiger partial charge in [-0.2, -0.15) is 0 Å². The van der Waals surface area contributed by atoms with Crippen molar-refractivity contribution in [1.82, 2.24) is 19.5 Å². The zero-order valence-electron chi connectivity index (χ0n) is 13.4. The number of phosphoric acid groups is 1. The summed E-state index contributed by atoms with van der Waals surface area (Å²) in [5.41, 5.74) is -0.336. The summed E-state index contributed by atoms with van der Waals surface area (Å²) in [5.74, 6) is 0. The minimum atomic E-state index is -4.74. The van der Waals surface area contributed by atoms with Crippen LogP contribution in [0.2, 0.25) is 0 Å². The van der Waals surface area contributed by atoms with E-state index in [1.54, 1.807) is 0 Å². The maximum absolute atomic E-state index is 11.6. The number of phosphoric ester groups is 1. The van der Waals surface area contributed by atoms with Gasteiger partial charge in [-0.3, -0.25) is 13.9 Å². The molecule has 5 N–H and O–H groups in total. The Bertz CT molecular complexity index is 829. The Morgan fingerprint density at radius 3 is 2.58 bits per heavy atom. The number of aliphatic hydroxyl groups excluding tert-OH is 2. The van der Waals surface area contributed by atoms with E-state index in [4.69, 9.17) is 14.5 Å². The van der Waals surface area contributed by atoms with Gasteiger partial charge in [0.1, 0.15) is 18.3 Å². The predicted molar refractivity (Wildman–Crippen MR) is 86.6 cm³/mol. The monoisotopic (exact) mass is 404 g/mol. The second-order valence-electron chi connectivity index (χ2n) is 4.89. The van der Waals surface area contributed by atoms with Gasteiger partial charge in [0.15, 0.2) is 17.4 Å². The Labute approximate surface area is 172 Å². The topological polar surface area (TPSA) is 180 Å². The van der Waals surface area contributed by atoms with E-state index < -0.39 is 44.5 Å². The van der Waals surface area contributed by atoms with Crippen LogP contribution in [0.25, 0.3) is 11.2 Å². The van der Waals surface area contributed by atoms with Gasteiger partial charge in [-0.25, -0.2) is 14.5 Å². The number of aromatic amines is 1. The first kappa shape index (κ1) is 25.3. The molecule has 2 aromatic heterocycles. The van der Waals surface area contributed by atoms with Gasteiger partial charge in [0, 0.05) is 0 Å². The summed E-state index contributed by atoms with van der Waals surface area (Å²) < 4.78 is 21.6. The molecule has 0 saturated carbocycles. The fraction of sp³-hybridized carbons (Fsp3) is 0.583. The van der Waals surface area contributed by atoms with E-state index in [1.165, 1.54) is 10.9 Å². The molecule has 12 nitrogen and oxygen atoms in total. The van der Waals surface area contributed by atoms with Crippen LogP contribution >= 0.6 is 7.82 Å². The van der Waals surface area contributed by atoms with E-state index in [0.717, 1.165) is 6.33 Å². The summed E-state index contributed by atoms with van der Waals surface area (Å²) in [6.45, 7) is -0.625. The molecule has 3 heterocycles. The standard InChI is InChI=1S/C10H13N4O8P.2CH4.Na.H/c15-6-4(1-21-23(18,19)20)22-10(7(6)16)14-3-13-5-8(14)11-2-12-9(5)17;;;;/h2-4,6-7,10,15-16H,1H2,(H,11,12,17)(H2,18,19,20);2*1H4;;/q;;;+1;-1/t4-,6?,7+,10-;;;;/m1..../s1. The minimum absolute atomic E-state index is 0. The van der Waals surface area contributed by atoms with Crippen LogP contribution in [-0.2, 0) is 13.8 Å². The third-order valence-electron chi connectivity index (χ3n) is 3.38. The van der Waals surface area contributed by atoms with Crippen molar-refractivity contribution in [3.8, 4) is 0 Å². The van der Waals surface area contributed by atoms with Crippen molar-refractivity contribution in [3.63, 3.8) is 0 Å². The zero-order chi connectivity index (χ0) is 16.8. The average molecular weight is 404 g/mol. The van der Waals surface area contributed by atoms with Crippen LogP contribution < -0.4 is 35.1 Å². The molecule has 3 rings (SSSR count). The molecule has 0 bridgehead atoms. The van der Waals surface area contributed by atoms with Crippen LogP contribution in [0.5, 0.6) is 0 Å². The third-order valence-corrected chi connectivity index (χ3v) is 3.87. The number of hydrogen-bond acceptors (Lipinski definition) is 8. The van der Waals surface area contributed by atoms with Crippen LogP contribution in [0.1, 0.15) is 22.5 Å². The van der Waals surface area contributed by atoms with Gasteiger partial charge in [-0.15, -0.1) is 0 Å². The first-order valence-electron chi connectivity index (χ1n) is 6.40. The quantitative estimate of drug-likeness (QED) is 0.251. The fourth-order valence-corrected chi connectivity index (χ4v) is 2.66. The van der Waals surface area contributed by atoms with Gasteiger partial charge in [0.25, 0.3) is 5.56 Å². The van der Waals surface area contributed by atoms with Gasteiger partial charge in [-0.05, 0) is 0 Å². The van der Waals surface area contributed by atoms with E-state index >= 15 is 0 Å². The minimum Gasteiger partial charge on any atom is -1.00 e. The molecule has 1 fully saturated rings. The number of fused-ring (bicyclic) bond motifs is 1. The van der Waals surface area contributed by atoms with Gasteiger partial charge < -0.3 is 31.1 Å². The van der Waals surface area contributed by atoms with Crippen LogP contribution in [0.15, 0.2) is 17.4 Å². The summed E-state index contributed by atoms with van der Waals surface area (Å²) in [4.78, 5) is 39.1. The second-order valence-corrected chi connectivity index (χ2v) is 6.13. The molecule has 0 spiro atoms. The molecule has 26 heavy (non-hydrogen) atoms. The molecule has 0 amide bonds. The molecule has 14 heteroatoms. The molecule has 0 aliphatic carbocycles. The molecule has 1 saturated heterocycles. The molecule has 1 aliphatic rings. The number of rotatable bonds is 4. The van der Waals surface area contributed by atoms with Crippen molar-refractivity contribution >= 4 is 19.0 Å². The number of aromatic nitrogens is 4. The number of nitrogens with zero attached hydrogens (tertiary/aromatic N) is 3. The van der Waals surface area contributed by atoms with Crippen molar-refractivity contribution in [3.05, 3.63) is 23.0 Å². The van der Waals surface area contributed by atoms with E-state index in [2.05, 4.69) is 19.5 Å². The predicted octanol–water partition coefficient (Wildman–Crippen LogP) is -3.76. The van der Waals surface area contributed by atoms with Gasteiger partial charge in [0.05, 0.1) is 19.3 Å². The van der Waals surface area contributed by atoms with E-state index in [0.29, 0.717) is 0 Å². The maximum Gasteiger partial charge on any atom is 1.00 e. The smallest absolute Gasteiger partial charge is 1.00 e. The zero-order valence-corrected chi connectivity index (χ0v) is 15.3. The summed E-state index contributed by atoms with van der Waals surface area (Å²) in [6.07, 6.45) is -2.85. The number of hydrogen-bond donors (Lipinski definition) is 5. The first-order chi connectivity index (χ1) is 10.8. The Morgan fingerprint density at radius 2 is 1.96 bits per heavy atom. The van der Waals surface area contributed by atoms with Crippen LogP contribution in [0.4, 0.5) is 0 Å². The second kappa shape index (κ2) is 9.51. The average Bonchev–Trinajstić information content (AvgIpc) is 3.01. The number of aliphatic hydroxyl groups is 2. The largest absolute Gasteiger partial charge is 1.00 e. The van der Waals surface area contributed by atoms with Crippen molar-refractivity contribution in [2.45, 2.75) is 39.4 Å². The molecular weight excluding hydrogens is 382 g/mol. The first-order valence-corrected chi connectivity index (χ1v) is 7.93. The Kier molecular flexibility index (Phi) is 9.27. The summed E-state index contributed by atoms with van der Waals surface area (Å²) in [7, 11) is -4.74. The Morgan fingerprint density at radius 1 is 1.31 bits per heavy atom. The Balaban J connectivity index is 0. The normalized spacial score (nSPS) is 25.2. The van der Waals surface area contributed by atoms with E-state index in [-0.39, 0.29) is 57.0 Å². The molecule has 2 aromatic rings. The SMILES string of the molecule is C.C.O=c1[nH]cnc2c1ncn2[C@@H]1O[C@H](COP(=O)(O)O)C(O)[C@@H]1O.[H-].[Na+]. The van der Waals surface area contributed by atoms with E-state index in [9.17, 15) is 19.6 Å². The van der Waals surface area contributed by atoms with E-state index in [1.807, 2.05) is 0 Å².